The predicted molar refractivity (Wildman–Crippen MR) is 117 cm³/mol. The summed E-state index contributed by atoms with van der Waals surface area (Å²) < 4.78 is 16.7. The number of rotatable bonds is 12. The number of nitrogens with one attached hydrogen (secondary N) is 2. The minimum absolute atomic E-state index is 0.0965. The number of ether oxygens (including phenoxy) is 3. The third-order valence-corrected chi connectivity index (χ3v) is 4.46. The number of amides is 2. The molecule has 32 heavy (non-hydrogen) atoms. The van der Waals surface area contributed by atoms with Gasteiger partial charge in [0.05, 0.1) is 12.7 Å². The smallest absolute Gasteiger partial charge is 0.412 e. The van der Waals surface area contributed by atoms with Crippen molar-refractivity contribution in [3.8, 4) is 5.75 Å². The van der Waals surface area contributed by atoms with Crippen molar-refractivity contribution in [1.82, 2.24) is 5.48 Å². The quantitative estimate of drug-likeness (QED) is 0.225. The molecule has 0 heterocycles. The van der Waals surface area contributed by atoms with Gasteiger partial charge in [-0.25, -0.2) is 10.3 Å². The zero-order valence-corrected chi connectivity index (χ0v) is 17.8. The minimum atomic E-state index is -0.740. The molecular weight excluding hydrogens is 416 g/mol. The van der Waals surface area contributed by atoms with E-state index in [1.165, 1.54) is 18.7 Å². The average molecular weight is 444 g/mol. The standard InChI is InChI=1S/C23H28N2O7/c1-30-20(9-5-6-10-21(27)25-29)22(17-11-13-19(14-12-17)31-16-15-26)32-23(28)24-18-7-3-2-4-8-18/h2-4,6-8,10-14,20,22,26,29H,5,9,15-16H2,1H3,(H,24,28)(H,25,27)/b10-6+/t20-,22-/m0/s1. The van der Waals surface area contributed by atoms with Crippen molar-refractivity contribution in [3.05, 3.63) is 72.3 Å². The highest BCUT2D eigenvalue weighted by Crippen LogP contribution is 2.29. The SMILES string of the molecule is CO[C@@H](CC/C=C/C(=O)NO)[C@@H](OC(=O)Nc1ccccc1)c1ccc(OCCO)cc1. The third-order valence-electron chi connectivity index (χ3n) is 4.46. The van der Waals surface area contributed by atoms with E-state index in [1.807, 2.05) is 6.07 Å². The van der Waals surface area contributed by atoms with E-state index in [9.17, 15) is 9.59 Å². The highest BCUT2D eigenvalue weighted by atomic mass is 16.6. The van der Waals surface area contributed by atoms with Crippen molar-refractivity contribution in [2.75, 3.05) is 25.6 Å². The van der Waals surface area contributed by atoms with E-state index in [-0.39, 0.29) is 13.2 Å². The Balaban J connectivity index is 2.15. The average Bonchev–Trinajstić information content (AvgIpc) is 2.82. The number of carbonyl (C=O) groups excluding carboxylic acids is 2. The first kappa shape index (κ1) is 24.9. The lowest BCUT2D eigenvalue weighted by atomic mass is 10.00. The molecule has 0 spiro atoms. The van der Waals surface area contributed by atoms with Crippen LogP contribution in [0.3, 0.4) is 0 Å². The fraction of sp³-hybridized carbons (Fsp3) is 0.304. The van der Waals surface area contributed by atoms with Crippen molar-refractivity contribution >= 4 is 17.7 Å². The van der Waals surface area contributed by atoms with Crippen LogP contribution in [0, 0.1) is 0 Å². The van der Waals surface area contributed by atoms with Crippen LogP contribution in [-0.4, -0.2) is 48.7 Å². The van der Waals surface area contributed by atoms with Crippen molar-refractivity contribution in [2.45, 2.75) is 25.0 Å². The Bertz CT molecular complexity index is 856. The molecule has 9 nitrogen and oxygen atoms in total. The van der Waals surface area contributed by atoms with Crippen molar-refractivity contribution in [1.29, 1.82) is 0 Å². The second-order valence-electron chi connectivity index (χ2n) is 6.69. The number of aliphatic hydroxyl groups excluding tert-OH is 1. The lowest BCUT2D eigenvalue weighted by molar-refractivity contribution is -0.124. The van der Waals surface area contributed by atoms with Crippen LogP contribution in [0.25, 0.3) is 0 Å². The molecule has 0 unspecified atom stereocenters. The normalized spacial score (nSPS) is 12.7. The van der Waals surface area contributed by atoms with Crippen LogP contribution in [0.15, 0.2) is 66.7 Å². The van der Waals surface area contributed by atoms with E-state index in [0.29, 0.717) is 29.8 Å². The Morgan fingerprint density at radius 3 is 2.44 bits per heavy atom. The fourth-order valence-corrected chi connectivity index (χ4v) is 2.94. The maximum absolute atomic E-state index is 12.5. The van der Waals surface area contributed by atoms with Gasteiger partial charge in [0.25, 0.3) is 5.91 Å². The molecule has 2 aromatic carbocycles. The Labute approximate surface area is 186 Å². The molecular formula is C23H28N2O7. The summed E-state index contributed by atoms with van der Waals surface area (Å²) in [6, 6.07) is 15.9. The highest BCUT2D eigenvalue weighted by molar-refractivity contribution is 5.86. The van der Waals surface area contributed by atoms with Gasteiger partial charge in [0.2, 0.25) is 0 Å². The van der Waals surface area contributed by atoms with Gasteiger partial charge in [0.1, 0.15) is 12.4 Å². The predicted octanol–water partition coefficient (Wildman–Crippen LogP) is 3.20. The molecule has 0 aliphatic carbocycles. The lowest BCUT2D eigenvalue weighted by Crippen LogP contribution is -2.28. The van der Waals surface area contributed by atoms with Gasteiger partial charge in [-0.3, -0.25) is 15.3 Å². The largest absolute Gasteiger partial charge is 0.491 e. The molecule has 0 saturated heterocycles. The van der Waals surface area contributed by atoms with Gasteiger partial charge in [0, 0.05) is 18.9 Å². The number of anilines is 1. The van der Waals surface area contributed by atoms with Crippen LogP contribution in [0.4, 0.5) is 10.5 Å². The number of hydrogen-bond donors (Lipinski definition) is 4. The van der Waals surface area contributed by atoms with E-state index in [2.05, 4.69) is 5.32 Å². The zero-order valence-electron chi connectivity index (χ0n) is 17.8. The summed E-state index contributed by atoms with van der Waals surface area (Å²) in [6.45, 7) is 0.0773. The maximum atomic E-state index is 12.5. The van der Waals surface area contributed by atoms with Gasteiger partial charge in [-0.1, -0.05) is 36.4 Å². The van der Waals surface area contributed by atoms with Crippen LogP contribution >= 0.6 is 0 Å². The van der Waals surface area contributed by atoms with E-state index >= 15 is 0 Å². The zero-order chi connectivity index (χ0) is 23.2. The van der Waals surface area contributed by atoms with Gasteiger partial charge in [-0.05, 0) is 42.7 Å². The number of allylic oxidation sites excluding steroid dienone is 1. The minimum Gasteiger partial charge on any atom is -0.491 e. The maximum Gasteiger partial charge on any atom is 0.412 e. The summed E-state index contributed by atoms with van der Waals surface area (Å²) in [4.78, 5) is 23.7. The molecule has 2 atom stereocenters. The monoisotopic (exact) mass is 444 g/mol. The Morgan fingerprint density at radius 2 is 1.81 bits per heavy atom. The van der Waals surface area contributed by atoms with Crippen LogP contribution in [0.2, 0.25) is 0 Å². The molecule has 0 aromatic heterocycles. The number of methoxy groups -OCH3 is 1. The van der Waals surface area contributed by atoms with E-state index < -0.39 is 24.2 Å². The summed E-state index contributed by atoms with van der Waals surface area (Å²) in [7, 11) is 1.51. The summed E-state index contributed by atoms with van der Waals surface area (Å²) >= 11 is 0. The van der Waals surface area contributed by atoms with Gasteiger partial charge in [-0.15, -0.1) is 0 Å². The van der Waals surface area contributed by atoms with Crippen LogP contribution in [-0.2, 0) is 14.3 Å². The molecule has 9 heteroatoms. The molecule has 172 valence electrons. The molecule has 0 aliphatic heterocycles. The van der Waals surface area contributed by atoms with E-state index in [0.717, 1.165) is 0 Å². The molecule has 2 aromatic rings. The van der Waals surface area contributed by atoms with Gasteiger partial charge in [0.15, 0.2) is 6.10 Å². The van der Waals surface area contributed by atoms with Crippen molar-refractivity contribution < 1.29 is 34.1 Å². The molecule has 4 N–H and O–H groups in total. The summed E-state index contributed by atoms with van der Waals surface area (Å²) in [5.41, 5.74) is 2.80. The van der Waals surface area contributed by atoms with Gasteiger partial charge < -0.3 is 19.3 Å². The second-order valence-corrected chi connectivity index (χ2v) is 6.69. The number of carbonyl (C=O) groups is 2. The van der Waals surface area contributed by atoms with Crippen molar-refractivity contribution in [2.24, 2.45) is 0 Å². The summed E-state index contributed by atoms with van der Waals surface area (Å²) in [5.74, 6) is -0.0605. The Morgan fingerprint density at radius 1 is 1.09 bits per heavy atom. The number of hydroxylamine groups is 1. The molecule has 2 rings (SSSR count). The molecule has 0 bridgehead atoms. The van der Waals surface area contributed by atoms with E-state index in [1.54, 1.807) is 54.6 Å². The van der Waals surface area contributed by atoms with E-state index in [4.69, 9.17) is 24.5 Å². The highest BCUT2D eigenvalue weighted by Gasteiger charge is 2.27. The Hall–Kier alpha value is -3.40. The van der Waals surface area contributed by atoms with Crippen LogP contribution in [0.1, 0.15) is 24.5 Å². The first-order chi connectivity index (χ1) is 15.6. The molecule has 0 saturated carbocycles. The number of benzene rings is 2. The number of hydrogen-bond acceptors (Lipinski definition) is 7. The Kier molecular flexibility index (Phi) is 10.7. The summed E-state index contributed by atoms with van der Waals surface area (Å²) in [6.07, 6.45) is 1.79. The third kappa shape index (κ3) is 8.38. The molecule has 0 aliphatic rings. The molecule has 0 fully saturated rings. The van der Waals surface area contributed by atoms with Crippen LogP contribution in [0.5, 0.6) is 5.75 Å². The first-order valence-electron chi connectivity index (χ1n) is 10.1. The van der Waals surface area contributed by atoms with Crippen molar-refractivity contribution in [3.63, 3.8) is 0 Å². The number of aliphatic hydroxyl groups is 1. The second kappa shape index (κ2) is 13.8. The number of para-hydroxylation sites is 1. The van der Waals surface area contributed by atoms with Gasteiger partial charge >= 0.3 is 6.09 Å². The molecule has 2 amide bonds. The van der Waals surface area contributed by atoms with Gasteiger partial charge in [-0.2, -0.15) is 0 Å². The van der Waals surface area contributed by atoms with Crippen LogP contribution < -0.4 is 15.5 Å². The topological polar surface area (TPSA) is 126 Å². The molecule has 0 radical (unpaired) electrons. The summed E-state index contributed by atoms with van der Waals surface area (Å²) in [5, 5.41) is 20.1. The first-order valence-corrected chi connectivity index (χ1v) is 10.1. The lowest BCUT2D eigenvalue weighted by Gasteiger charge is -2.26. The fourth-order valence-electron chi connectivity index (χ4n) is 2.94.